The Balaban J connectivity index is 2.30. The van der Waals surface area contributed by atoms with Crippen LogP contribution in [0.5, 0.6) is 0 Å². The van der Waals surface area contributed by atoms with E-state index in [1.807, 2.05) is 0 Å². The van der Waals surface area contributed by atoms with Gasteiger partial charge in [-0.15, -0.1) is 11.6 Å². The third-order valence-electron chi connectivity index (χ3n) is 2.74. The van der Waals surface area contributed by atoms with Crippen LogP contribution < -0.4 is 0 Å². The topological polar surface area (TPSA) is 43.4 Å². The van der Waals surface area contributed by atoms with Crippen LogP contribution in [-0.2, 0) is 14.6 Å². The molecule has 0 aromatic rings. The molecule has 0 aromatic carbocycles. The average molecular weight is 255 g/mol. The molecule has 0 bridgehead atoms. The molecule has 3 nitrogen and oxygen atoms in total. The summed E-state index contributed by atoms with van der Waals surface area (Å²) >= 11 is 5.53. The number of rotatable bonds is 6. The summed E-state index contributed by atoms with van der Waals surface area (Å²) in [5.74, 6) is 0.936. The van der Waals surface area contributed by atoms with Gasteiger partial charge in [0.15, 0.2) is 9.84 Å². The van der Waals surface area contributed by atoms with Crippen LogP contribution >= 0.6 is 11.6 Å². The van der Waals surface area contributed by atoms with E-state index in [1.54, 1.807) is 0 Å². The molecule has 0 unspecified atom stereocenters. The SMILES string of the molecule is O=S(=O)(CCCCCCl)C1CCOCC1. The summed E-state index contributed by atoms with van der Waals surface area (Å²) in [4.78, 5) is 0. The van der Waals surface area contributed by atoms with E-state index in [0.29, 0.717) is 37.7 Å². The molecular weight excluding hydrogens is 236 g/mol. The van der Waals surface area contributed by atoms with Crippen molar-refractivity contribution < 1.29 is 13.2 Å². The predicted molar refractivity (Wildman–Crippen MR) is 62.2 cm³/mol. The Morgan fingerprint density at radius 2 is 1.80 bits per heavy atom. The monoisotopic (exact) mass is 254 g/mol. The second-order valence-electron chi connectivity index (χ2n) is 3.93. The molecule has 1 saturated heterocycles. The highest BCUT2D eigenvalue weighted by Gasteiger charge is 2.26. The fourth-order valence-electron chi connectivity index (χ4n) is 1.78. The highest BCUT2D eigenvalue weighted by atomic mass is 35.5. The van der Waals surface area contributed by atoms with Gasteiger partial charge >= 0.3 is 0 Å². The van der Waals surface area contributed by atoms with Crippen LogP contribution in [0.15, 0.2) is 0 Å². The van der Waals surface area contributed by atoms with Crippen molar-refractivity contribution in [3.8, 4) is 0 Å². The molecule has 90 valence electrons. The van der Waals surface area contributed by atoms with Crippen molar-refractivity contribution in [3.63, 3.8) is 0 Å². The van der Waals surface area contributed by atoms with Crippen molar-refractivity contribution in [2.75, 3.05) is 24.8 Å². The van der Waals surface area contributed by atoms with Gasteiger partial charge < -0.3 is 4.74 Å². The Bertz CT molecular complexity index is 258. The van der Waals surface area contributed by atoms with E-state index < -0.39 is 9.84 Å². The third-order valence-corrected chi connectivity index (χ3v) is 5.35. The van der Waals surface area contributed by atoms with Gasteiger partial charge in [0, 0.05) is 19.1 Å². The largest absolute Gasteiger partial charge is 0.381 e. The maximum atomic E-state index is 11.9. The zero-order chi connectivity index (χ0) is 11.1. The van der Waals surface area contributed by atoms with Crippen molar-refractivity contribution in [3.05, 3.63) is 0 Å². The van der Waals surface area contributed by atoms with E-state index in [4.69, 9.17) is 16.3 Å². The number of halogens is 1. The van der Waals surface area contributed by atoms with Gasteiger partial charge in [0.05, 0.1) is 11.0 Å². The summed E-state index contributed by atoms with van der Waals surface area (Å²) in [6, 6.07) is 0. The van der Waals surface area contributed by atoms with Gasteiger partial charge in [0.25, 0.3) is 0 Å². The minimum Gasteiger partial charge on any atom is -0.381 e. The second-order valence-corrected chi connectivity index (χ2v) is 6.71. The fraction of sp³-hybridized carbons (Fsp3) is 1.00. The first-order chi connectivity index (χ1) is 7.17. The van der Waals surface area contributed by atoms with Crippen LogP contribution in [0, 0.1) is 0 Å². The van der Waals surface area contributed by atoms with Crippen LogP contribution in [-0.4, -0.2) is 38.5 Å². The van der Waals surface area contributed by atoms with E-state index in [0.717, 1.165) is 19.3 Å². The number of unbranched alkanes of at least 4 members (excludes halogenated alkanes) is 2. The summed E-state index contributed by atoms with van der Waals surface area (Å²) in [6.07, 6.45) is 3.89. The normalized spacial score (nSPS) is 19.3. The first-order valence-corrected chi connectivity index (χ1v) is 7.77. The Labute approximate surface area is 97.1 Å². The summed E-state index contributed by atoms with van der Waals surface area (Å²) in [5, 5.41) is -0.165. The van der Waals surface area contributed by atoms with Crippen molar-refractivity contribution in [1.82, 2.24) is 0 Å². The zero-order valence-electron chi connectivity index (χ0n) is 8.95. The molecule has 0 spiro atoms. The molecule has 1 rings (SSSR count). The molecule has 0 atom stereocenters. The van der Waals surface area contributed by atoms with E-state index in [-0.39, 0.29) is 5.25 Å². The maximum Gasteiger partial charge on any atom is 0.153 e. The van der Waals surface area contributed by atoms with Crippen LogP contribution in [0.4, 0.5) is 0 Å². The lowest BCUT2D eigenvalue weighted by atomic mass is 10.2. The molecule has 0 amide bonds. The summed E-state index contributed by atoms with van der Waals surface area (Å²) in [7, 11) is -2.89. The number of sulfone groups is 1. The van der Waals surface area contributed by atoms with Crippen molar-refractivity contribution in [1.29, 1.82) is 0 Å². The lowest BCUT2D eigenvalue weighted by molar-refractivity contribution is 0.0983. The molecule has 5 heteroatoms. The van der Waals surface area contributed by atoms with Gasteiger partial charge in [-0.05, 0) is 25.7 Å². The highest BCUT2D eigenvalue weighted by Crippen LogP contribution is 2.17. The first kappa shape index (κ1) is 13.3. The van der Waals surface area contributed by atoms with Crippen molar-refractivity contribution in [2.45, 2.75) is 37.4 Å². The Kier molecular flexibility index (Phi) is 5.94. The molecule has 15 heavy (non-hydrogen) atoms. The van der Waals surface area contributed by atoms with Gasteiger partial charge in [-0.3, -0.25) is 0 Å². The van der Waals surface area contributed by atoms with Crippen LogP contribution in [0.25, 0.3) is 0 Å². The zero-order valence-corrected chi connectivity index (χ0v) is 10.5. The molecule has 1 fully saturated rings. The van der Waals surface area contributed by atoms with Gasteiger partial charge in [-0.1, -0.05) is 6.42 Å². The Morgan fingerprint density at radius 3 is 2.40 bits per heavy atom. The summed E-state index contributed by atoms with van der Waals surface area (Å²) in [6.45, 7) is 1.18. The van der Waals surface area contributed by atoms with Crippen molar-refractivity contribution in [2.24, 2.45) is 0 Å². The number of hydrogen-bond donors (Lipinski definition) is 0. The van der Waals surface area contributed by atoms with E-state index in [1.165, 1.54) is 0 Å². The standard InChI is InChI=1S/C10H19ClO3S/c11-6-2-1-3-9-15(12,13)10-4-7-14-8-5-10/h10H,1-9H2. The average Bonchev–Trinajstić information content (AvgIpc) is 2.26. The van der Waals surface area contributed by atoms with Crippen molar-refractivity contribution >= 4 is 21.4 Å². The molecule has 1 aliphatic heterocycles. The fourth-order valence-corrected chi connectivity index (χ4v) is 3.82. The van der Waals surface area contributed by atoms with Crippen LogP contribution in [0.1, 0.15) is 32.1 Å². The van der Waals surface area contributed by atoms with E-state index >= 15 is 0 Å². The summed E-state index contributed by atoms with van der Waals surface area (Å²) < 4.78 is 28.9. The lowest BCUT2D eigenvalue weighted by Crippen LogP contribution is -2.30. The van der Waals surface area contributed by atoms with Gasteiger partial charge in [0.2, 0.25) is 0 Å². The Morgan fingerprint density at radius 1 is 1.13 bits per heavy atom. The lowest BCUT2D eigenvalue weighted by Gasteiger charge is -2.21. The predicted octanol–water partition coefficient (Wildman–Crippen LogP) is 1.99. The number of alkyl halides is 1. The second kappa shape index (κ2) is 6.71. The van der Waals surface area contributed by atoms with Gasteiger partial charge in [-0.2, -0.15) is 0 Å². The van der Waals surface area contributed by atoms with Crippen LogP contribution in [0.2, 0.25) is 0 Å². The molecule has 0 aliphatic carbocycles. The maximum absolute atomic E-state index is 11.9. The molecule has 0 saturated carbocycles. The molecule has 1 heterocycles. The van der Waals surface area contributed by atoms with E-state index in [2.05, 4.69) is 0 Å². The van der Waals surface area contributed by atoms with E-state index in [9.17, 15) is 8.42 Å². The number of ether oxygens (including phenoxy) is 1. The molecule has 0 radical (unpaired) electrons. The van der Waals surface area contributed by atoms with Gasteiger partial charge in [0.1, 0.15) is 0 Å². The summed E-state index contributed by atoms with van der Waals surface area (Å²) in [5.41, 5.74) is 0. The smallest absolute Gasteiger partial charge is 0.153 e. The minimum atomic E-state index is -2.89. The van der Waals surface area contributed by atoms with Crippen LogP contribution in [0.3, 0.4) is 0 Å². The molecule has 0 aromatic heterocycles. The quantitative estimate of drug-likeness (QED) is 0.538. The molecule has 1 aliphatic rings. The molecule has 0 N–H and O–H groups in total. The highest BCUT2D eigenvalue weighted by molar-refractivity contribution is 7.92. The number of hydrogen-bond acceptors (Lipinski definition) is 3. The third kappa shape index (κ3) is 4.70. The Hall–Kier alpha value is 0.200. The molecular formula is C10H19ClO3S. The first-order valence-electron chi connectivity index (χ1n) is 5.52. The van der Waals surface area contributed by atoms with Gasteiger partial charge in [-0.25, -0.2) is 8.42 Å². The minimum absolute atomic E-state index is 0.165.